The Hall–Kier alpha value is -2.23. The molecule has 0 radical (unpaired) electrons. The number of allylic oxidation sites excluding steroid dienone is 2. The van der Waals surface area contributed by atoms with Gasteiger partial charge in [-0.1, -0.05) is 51.1 Å². The number of Topliss-reactive ketones (excluding diaryl/α,β-unsaturated/α-hetero) is 1. The highest BCUT2D eigenvalue weighted by atomic mass is 16.1. The second kappa shape index (κ2) is 5.40. The van der Waals surface area contributed by atoms with E-state index in [9.17, 15) is 4.79 Å². The molecular formula is C20H23N3O. The number of ketones is 1. The standard InChI is InChI=1S/C20H23N3O/c1-4-20(14-8-6-5-7-9-14)15-11-21-23-19(15)22-17-12(2)10-13(3)18(24)16(17)20/h5-9,11-13,19,22H,4,10H2,1-3H3/t12-,13-,19?,20+/m1/s1. The number of hydrogen-bond acceptors (Lipinski definition) is 4. The maximum Gasteiger partial charge on any atom is 0.164 e. The van der Waals surface area contributed by atoms with E-state index in [-0.39, 0.29) is 17.9 Å². The minimum atomic E-state index is -0.421. The number of carbonyl (C=O) groups is 1. The zero-order valence-electron chi connectivity index (χ0n) is 14.4. The monoisotopic (exact) mass is 321 g/mol. The molecular weight excluding hydrogens is 298 g/mol. The topological polar surface area (TPSA) is 53.8 Å². The second-order valence-corrected chi connectivity index (χ2v) is 7.18. The van der Waals surface area contributed by atoms with Gasteiger partial charge in [-0.25, -0.2) is 0 Å². The van der Waals surface area contributed by atoms with Gasteiger partial charge in [-0.3, -0.25) is 4.79 Å². The summed E-state index contributed by atoms with van der Waals surface area (Å²) in [6.45, 7) is 6.42. The number of nitrogens with zero attached hydrogens (tertiary/aromatic N) is 2. The molecule has 0 fully saturated rings. The molecule has 1 unspecified atom stereocenters. The van der Waals surface area contributed by atoms with Crippen molar-refractivity contribution in [2.45, 2.75) is 45.2 Å². The van der Waals surface area contributed by atoms with Gasteiger partial charge < -0.3 is 5.32 Å². The number of benzene rings is 1. The first-order valence-electron chi connectivity index (χ1n) is 8.81. The molecule has 4 atom stereocenters. The molecule has 0 aromatic heterocycles. The predicted molar refractivity (Wildman–Crippen MR) is 93.3 cm³/mol. The van der Waals surface area contributed by atoms with Crippen molar-refractivity contribution < 1.29 is 4.79 Å². The fourth-order valence-corrected chi connectivity index (χ4v) is 4.69. The Kier molecular flexibility index (Phi) is 3.44. The van der Waals surface area contributed by atoms with Gasteiger partial charge in [-0.05, 0) is 24.3 Å². The van der Waals surface area contributed by atoms with Crippen LogP contribution in [-0.2, 0) is 10.2 Å². The molecule has 0 bridgehead atoms. The van der Waals surface area contributed by atoms with Crippen molar-refractivity contribution >= 4 is 5.78 Å². The van der Waals surface area contributed by atoms with E-state index in [1.54, 1.807) is 0 Å². The SMILES string of the molecule is CC[C@]1(c2ccccc2)C2=CN=NC2NC2=C1C(=O)[C@H](C)C[C@H]2C. The molecule has 4 rings (SSSR count). The predicted octanol–water partition coefficient (Wildman–Crippen LogP) is 4.11. The molecule has 0 amide bonds. The number of carbonyl (C=O) groups excluding carboxylic acids is 1. The number of rotatable bonds is 2. The van der Waals surface area contributed by atoms with Gasteiger partial charge in [0.15, 0.2) is 11.9 Å². The molecule has 24 heavy (non-hydrogen) atoms. The fraction of sp³-hybridized carbons (Fsp3) is 0.450. The molecule has 4 nitrogen and oxygen atoms in total. The Balaban J connectivity index is 2.03. The lowest BCUT2D eigenvalue weighted by Crippen LogP contribution is -2.52. The van der Waals surface area contributed by atoms with Gasteiger partial charge in [0, 0.05) is 22.8 Å². The van der Waals surface area contributed by atoms with E-state index in [0.717, 1.165) is 29.7 Å². The molecule has 0 saturated carbocycles. The summed E-state index contributed by atoms with van der Waals surface area (Å²) < 4.78 is 0. The summed E-state index contributed by atoms with van der Waals surface area (Å²) >= 11 is 0. The van der Waals surface area contributed by atoms with Crippen molar-refractivity contribution in [1.82, 2.24) is 5.32 Å². The molecule has 1 aliphatic carbocycles. The second-order valence-electron chi connectivity index (χ2n) is 7.18. The van der Waals surface area contributed by atoms with E-state index in [1.807, 2.05) is 24.4 Å². The first kappa shape index (κ1) is 15.3. The number of hydrogen-bond donors (Lipinski definition) is 1. The van der Waals surface area contributed by atoms with Crippen LogP contribution in [0.5, 0.6) is 0 Å². The van der Waals surface area contributed by atoms with Crippen LogP contribution in [0.3, 0.4) is 0 Å². The van der Waals surface area contributed by atoms with Crippen molar-refractivity contribution in [3.05, 3.63) is 58.9 Å². The Morgan fingerprint density at radius 3 is 2.67 bits per heavy atom. The molecule has 124 valence electrons. The van der Waals surface area contributed by atoms with Crippen LogP contribution in [-0.4, -0.2) is 11.9 Å². The summed E-state index contributed by atoms with van der Waals surface area (Å²) in [5, 5.41) is 12.1. The van der Waals surface area contributed by atoms with Crippen LogP contribution in [0.4, 0.5) is 0 Å². The van der Waals surface area contributed by atoms with Gasteiger partial charge in [0.05, 0.1) is 11.6 Å². The highest BCUT2D eigenvalue weighted by Crippen LogP contribution is 2.52. The molecule has 1 aromatic carbocycles. The van der Waals surface area contributed by atoms with Crippen LogP contribution in [0.2, 0.25) is 0 Å². The number of azo groups is 1. The van der Waals surface area contributed by atoms with Crippen LogP contribution in [0.25, 0.3) is 0 Å². The van der Waals surface area contributed by atoms with Crippen molar-refractivity contribution in [2.24, 2.45) is 22.1 Å². The average molecular weight is 321 g/mol. The summed E-state index contributed by atoms with van der Waals surface area (Å²) in [7, 11) is 0. The smallest absolute Gasteiger partial charge is 0.164 e. The van der Waals surface area contributed by atoms with E-state index in [2.05, 4.69) is 48.4 Å². The first-order valence-corrected chi connectivity index (χ1v) is 8.81. The third kappa shape index (κ3) is 1.89. The molecule has 2 heterocycles. The Bertz CT molecular complexity index is 777. The highest BCUT2D eigenvalue weighted by Gasteiger charge is 2.53. The zero-order chi connectivity index (χ0) is 16.9. The van der Waals surface area contributed by atoms with Gasteiger partial charge in [0.25, 0.3) is 0 Å². The number of fused-ring (bicyclic) bond motifs is 1. The summed E-state index contributed by atoms with van der Waals surface area (Å²) in [5.41, 5.74) is 3.86. The van der Waals surface area contributed by atoms with Gasteiger partial charge in [-0.2, -0.15) is 10.2 Å². The quantitative estimate of drug-likeness (QED) is 0.891. The molecule has 0 spiro atoms. The third-order valence-corrected chi connectivity index (χ3v) is 5.85. The van der Waals surface area contributed by atoms with E-state index in [1.165, 1.54) is 5.56 Å². The lowest BCUT2D eigenvalue weighted by Gasteiger charge is -2.47. The number of nitrogens with one attached hydrogen (secondary N) is 1. The Morgan fingerprint density at radius 2 is 1.96 bits per heavy atom. The van der Waals surface area contributed by atoms with Crippen LogP contribution in [0.1, 0.15) is 39.2 Å². The van der Waals surface area contributed by atoms with E-state index in [4.69, 9.17) is 0 Å². The van der Waals surface area contributed by atoms with E-state index < -0.39 is 5.41 Å². The molecule has 3 aliphatic rings. The first-order chi connectivity index (χ1) is 11.6. The largest absolute Gasteiger partial charge is 0.362 e. The molecule has 1 aromatic rings. The van der Waals surface area contributed by atoms with Crippen molar-refractivity contribution in [2.75, 3.05) is 0 Å². The molecule has 4 heteroatoms. The van der Waals surface area contributed by atoms with Crippen LogP contribution in [0.15, 0.2) is 63.6 Å². The van der Waals surface area contributed by atoms with Gasteiger partial charge in [0.2, 0.25) is 0 Å². The molecule has 2 aliphatic heterocycles. The summed E-state index contributed by atoms with van der Waals surface area (Å²) in [6, 6.07) is 10.4. The summed E-state index contributed by atoms with van der Waals surface area (Å²) in [4.78, 5) is 13.3. The van der Waals surface area contributed by atoms with Crippen molar-refractivity contribution in [3.63, 3.8) is 0 Å². The van der Waals surface area contributed by atoms with Gasteiger partial charge >= 0.3 is 0 Å². The highest BCUT2D eigenvalue weighted by molar-refractivity contribution is 6.02. The average Bonchev–Trinajstić information content (AvgIpc) is 3.07. The molecule has 1 N–H and O–H groups in total. The van der Waals surface area contributed by atoms with Crippen LogP contribution in [0, 0.1) is 11.8 Å². The van der Waals surface area contributed by atoms with Gasteiger partial charge in [0.1, 0.15) is 0 Å². The minimum absolute atomic E-state index is 0.0580. The van der Waals surface area contributed by atoms with Crippen LogP contribution >= 0.6 is 0 Å². The van der Waals surface area contributed by atoms with Crippen molar-refractivity contribution in [1.29, 1.82) is 0 Å². The lowest BCUT2D eigenvalue weighted by atomic mass is 9.59. The van der Waals surface area contributed by atoms with Crippen molar-refractivity contribution in [3.8, 4) is 0 Å². The third-order valence-electron chi connectivity index (χ3n) is 5.85. The van der Waals surface area contributed by atoms with E-state index in [0.29, 0.717) is 5.92 Å². The lowest BCUT2D eigenvalue weighted by molar-refractivity contribution is -0.120. The molecule has 0 saturated heterocycles. The minimum Gasteiger partial charge on any atom is -0.362 e. The normalized spacial score (nSPS) is 34.5. The summed E-state index contributed by atoms with van der Waals surface area (Å²) in [5.74, 6) is 0.662. The summed E-state index contributed by atoms with van der Waals surface area (Å²) in [6.07, 6.45) is 3.43. The zero-order valence-corrected chi connectivity index (χ0v) is 14.4. The maximum atomic E-state index is 13.3. The van der Waals surface area contributed by atoms with Crippen LogP contribution < -0.4 is 5.32 Å². The van der Waals surface area contributed by atoms with E-state index >= 15 is 0 Å². The Labute approximate surface area is 142 Å². The fourth-order valence-electron chi connectivity index (χ4n) is 4.69. The van der Waals surface area contributed by atoms with Gasteiger partial charge in [-0.15, -0.1) is 0 Å². The maximum absolute atomic E-state index is 13.3. The Morgan fingerprint density at radius 1 is 1.21 bits per heavy atom.